The van der Waals surface area contributed by atoms with Gasteiger partial charge in [-0.05, 0) is 31.5 Å². The van der Waals surface area contributed by atoms with Gasteiger partial charge in [-0.1, -0.05) is 17.7 Å². The van der Waals surface area contributed by atoms with Crippen molar-refractivity contribution in [3.8, 4) is 0 Å². The number of guanidine groups is 1. The second kappa shape index (κ2) is 10.1. The number of amides is 1. The van der Waals surface area contributed by atoms with Crippen molar-refractivity contribution in [2.45, 2.75) is 19.9 Å². The third-order valence-electron chi connectivity index (χ3n) is 3.62. The lowest BCUT2D eigenvalue weighted by Crippen LogP contribution is -2.42. The summed E-state index contributed by atoms with van der Waals surface area (Å²) in [6, 6.07) is 9.47. The number of carbonyl (C=O) groups is 1. The average molecular weight is 342 g/mol. The maximum Gasteiger partial charge on any atom is 0.251 e. The SMILES string of the molecule is CN=C(NCCCn1cccn1)NCCNC(=O)c1cccc(C)c1. The Bertz CT molecular complexity index is 681. The van der Waals surface area contributed by atoms with Crippen LogP contribution >= 0.6 is 0 Å². The highest BCUT2D eigenvalue weighted by atomic mass is 16.1. The molecule has 1 aromatic carbocycles. The van der Waals surface area contributed by atoms with E-state index in [1.807, 2.05) is 48.1 Å². The van der Waals surface area contributed by atoms with E-state index in [1.165, 1.54) is 0 Å². The minimum Gasteiger partial charge on any atom is -0.356 e. The number of hydrogen-bond acceptors (Lipinski definition) is 3. The number of carbonyl (C=O) groups excluding carboxylic acids is 1. The predicted octanol–water partition coefficient (Wildman–Crippen LogP) is 1.18. The second-order valence-electron chi connectivity index (χ2n) is 5.67. The molecule has 0 atom stereocenters. The van der Waals surface area contributed by atoms with Crippen LogP contribution in [0.4, 0.5) is 0 Å². The van der Waals surface area contributed by atoms with Gasteiger partial charge in [0, 0.05) is 51.2 Å². The van der Waals surface area contributed by atoms with E-state index in [2.05, 4.69) is 26.0 Å². The lowest BCUT2D eigenvalue weighted by atomic mass is 10.1. The van der Waals surface area contributed by atoms with Gasteiger partial charge >= 0.3 is 0 Å². The molecular formula is C18H26N6O. The van der Waals surface area contributed by atoms with Gasteiger partial charge in [-0.2, -0.15) is 5.10 Å². The van der Waals surface area contributed by atoms with Crippen LogP contribution in [0.15, 0.2) is 47.7 Å². The van der Waals surface area contributed by atoms with E-state index in [-0.39, 0.29) is 5.91 Å². The number of nitrogens with zero attached hydrogens (tertiary/aromatic N) is 3. The Kier molecular flexibility index (Phi) is 7.49. The Morgan fingerprint density at radius 1 is 1.16 bits per heavy atom. The molecular weight excluding hydrogens is 316 g/mol. The van der Waals surface area contributed by atoms with Crippen LogP contribution in [0.25, 0.3) is 0 Å². The number of rotatable bonds is 8. The molecule has 134 valence electrons. The molecule has 7 nitrogen and oxygen atoms in total. The molecule has 0 aliphatic carbocycles. The van der Waals surface area contributed by atoms with E-state index in [0.29, 0.717) is 18.7 Å². The summed E-state index contributed by atoms with van der Waals surface area (Å²) in [4.78, 5) is 16.2. The zero-order chi connectivity index (χ0) is 17.9. The van der Waals surface area contributed by atoms with Crippen molar-refractivity contribution < 1.29 is 4.79 Å². The number of aryl methyl sites for hydroxylation is 2. The Balaban J connectivity index is 1.60. The summed E-state index contributed by atoms with van der Waals surface area (Å²) in [5.74, 6) is 0.665. The van der Waals surface area contributed by atoms with Gasteiger partial charge in [0.15, 0.2) is 5.96 Å². The monoisotopic (exact) mass is 342 g/mol. The van der Waals surface area contributed by atoms with Gasteiger partial charge in [-0.25, -0.2) is 0 Å². The first-order chi connectivity index (χ1) is 12.2. The third kappa shape index (κ3) is 6.66. The molecule has 0 saturated carbocycles. The van der Waals surface area contributed by atoms with Gasteiger partial charge in [0.25, 0.3) is 5.91 Å². The number of benzene rings is 1. The summed E-state index contributed by atoms with van der Waals surface area (Å²) in [7, 11) is 1.73. The molecule has 0 unspecified atom stereocenters. The number of hydrogen-bond donors (Lipinski definition) is 3. The second-order valence-corrected chi connectivity index (χ2v) is 5.67. The molecule has 0 radical (unpaired) electrons. The standard InChI is InChI=1S/C18H26N6O/c1-15-6-3-7-16(14-15)17(25)20-10-11-22-18(19-2)21-8-4-12-24-13-5-9-23-24/h3,5-7,9,13-14H,4,8,10-12H2,1-2H3,(H,20,25)(H2,19,21,22). The van der Waals surface area contributed by atoms with Gasteiger partial charge in [-0.15, -0.1) is 0 Å². The largest absolute Gasteiger partial charge is 0.356 e. The van der Waals surface area contributed by atoms with Crippen LogP contribution in [0.2, 0.25) is 0 Å². The van der Waals surface area contributed by atoms with Gasteiger partial charge in [0.1, 0.15) is 0 Å². The molecule has 3 N–H and O–H groups in total. The van der Waals surface area contributed by atoms with E-state index < -0.39 is 0 Å². The summed E-state index contributed by atoms with van der Waals surface area (Å²) < 4.78 is 1.90. The Morgan fingerprint density at radius 2 is 1.96 bits per heavy atom. The molecule has 1 heterocycles. The molecule has 7 heteroatoms. The number of aliphatic imine (C=N–C) groups is 1. The molecule has 1 amide bonds. The van der Waals surface area contributed by atoms with Gasteiger partial charge in [-0.3, -0.25) is 14.5 Å². The molecule has 0 bridgehead atoms. The molecule has 25 heavy (non-hydrogen) atoms. The van der Waals surface area contributed by atoms with E-state index in [4.69, 9.17) is 0 Å². The van der Waals surface area contributed by atoms with Crippen LogP contribution in [0.5, 0.6) is 0 Å². The molecule has 2 aromatic rings. The van der Waals surface area contributed by atoms with Crippen molar-refractivity contribution in [2.75, 3.05) is 26.7 Å². The van der Waals surface area contributed by atoms with Gasteiger partial charge in [0.05, 0.1) is 0 Å². The molecule has 0 spiro atoms. The van der Waals surface area contributed by atoms with Crippen LogP contribution in [0.1, 0.15) is 22.3 Å². The van der Waals surface area contributed by atoms with Crippen molar-refractivity contribution in [2.24, 2.45) is 4.99 Å². The maximum absolute atomic E-state index is 12.0. The third-order valence-corrected chi connectivity index (χ3v) is 3.62. The summed E-state index contributed by atoms with van der Waals surface area (Å²) in [6.45, 7) is 4.77. The smallest absolute Gasteiger partial charge is 0.251 e. The van der Waals surface area contributed by atoms with Crippen LogP contribution in [-0.4, -0.2) is 48.3 Å². The zero-order valence-corrected chi connectivity index (χ0v) is 14.8. The molecule has 2 rings (SSSR count). The first-order valence-electron chi connectivity index (χ1n) is 8.46. The van der Waals surface area contributed by atoms with Crippen molar-refractivity contribution in [3.63, 3.8) is 0 Å². The highest BCUT2D eigenvalue weighted by molar-refractivity contribution is 5.94. The summed E-state index contributed by atoms with van der Waals surface area (Å²) in [5, 5.41) is 13.5. The molecule has 0 saturated heterocycles. The first kappa shape index (κ1) is 18.5. The Hall–Kier alpha value is -2.83. The van der Waals surface area contributed by atoms with E-state index >= 15 is 0 Å². The normalized spacial score (nSPS) is 11.2. The zero-order valence-electron chi connectivity index (χ0n) is 14.8. The summed E-state index contributed by atoms with van der Waals surface area (Å²) >= 11 is 0. The molecule has 0 aliphatic rings. The maximum atomic E-state index is 12.0. The van der Waals surface area contributed by atoms with E-state index in [1.54, 1.807) is 13.2 Å². The van der Waals surface area contributed by atoms with Crippen molar-refractivity contribution in [3.05, 3.63) is 53.9 Å². The molecule has 0 aliphatic heterocycles. The predicted molar refractivity (Wildman–Crippen MR) is 99.7 cm³/mol. The lowest BCUT2D eigenvalue weighted by Gasteiger charge is -2.12. The Morgan fingerprint density at radius 3 is 2.68 bits per heavy atom. The fourth-order valence-electron chi connectivity index (χ4n) is 2.35. The molecule has 0 fully saturated rings. The minimum absolute atomic E-state index is 0.0623. The highest BCUT2D eigenvalue weighted by Gasteiger charge is 2.04. The topological polar surface area (TPSA) is 83.3 Å². The molecule has 1 aromatic heterocycles. The lowest BCUT2D eigenvalue weighted by molar-refractivity contribution is 0.0954. The summed E-state index contributed by atoms with van der Waals surface area (Å²) in [5.41, 5.74) is 1.76. The highest BCUT2D eigenvalue weighted by Crippen LogP contribution is 2.03. The van der Waals surface area contributed by atoms with Crippen LogP contribution in [0, 0.1) is 6.92 Å². The van der Waals surface area contributed by atoms with Gasteiger partial charge in [0.2, 0.25) is 0 Å². The fourth-order valence-corrected chi connectivity index (χ4v) is 2.35. The first-order valence-corrected chi connectivity index (χ1v) is 8.46. The van der Waals surface area contributed by atoms with Crippen molar-refractivity contribution in [1.82, 2.24) is 25.7 Å². The van der Waals surface area contributed by atoms with Crippen molar-refractivity contribution in [1.29, 1.82) is 0 Å². The quantitative estimate of drug-likeness (QED) is 0.382. The average Bonchev–Trinajstić information content (AvgIpc) is 3.13. The van der Waals surface area contributed by atoms with Crippen LogP contribution < -0.4 is 16.0 Å². The number of aromatic nitrogens is 2. The summed E-state index contributed by atoms with van der Waals surface area (Å²) in [6.07, 6.45) is 4.68. The fraction of sp³-hybridized carbons (Fsp3) is 0.389. The van der Waals surface area contributed by atoms with E-state index in [9.17, 15) is 4.79 Å². The van der Waals surface area contributed by atoms with Gasteiger partial charge < -0.3 is 16.0 Å². The van der Waals surface area contributed by atoms with E-state index in [0.717, 1.165) is 31.0 Å². The van der Waals surface area contributed by atoms with Crippen LogP contribution in [0.3, 0.4) is 0 Å². The van der Waals surface area contributed by atoms with Crippen LogP contribution in [-0.2, 0) is 6.54 Å². The Labute approximate surface area is 148 Å². The number of nitrogens with one attached hydrogen (secondary N) is 3. The van der Waals surface area contributed by atoms with Crippen molar-refractivity contribution >= 4 is 11.9 Å². The minimum atomic E-state index is -0.0623.